The lowest BCUT2D eigenvalue weighted by Gasteiger charge is -2.43. The number of nitrogens with zero attached hydrogens (tertiary/aromatic N) is 3. The lowest BCUT2D eigenvalue weighted by atomic mass is 9.76. The molecule has 4 heterocycles. The minimum absolute atomic E-state index is 0.0398. The number of aliphatic carboxylic acids is 1. The van der Waals surface area contributed by atoms with Gasteiger partial charge in [0, 0.05) is 37.2 Å². The Morgan fingerprint density at radius 3 is 2.44 bits per heavy atom. The molecule has 3 saturated heterocycles. The van der Waals surface area contributed by atoms with Crippen LogP contribution in [0.4, 0.5) is 10.6 Å². The molecule has 0 aliphatic carbocycles. The van der Waals surface area contributed by atoms with Crippen molar-refractivity contribution in [3.05, 3.63) is 51.6 Å². The van der Waals surface area contributed by atoms with Crippen molar-refractivity contribution in [2.75, 3.05) is 18.0 Å². The van der Waals surface area contributed by atoms with Gasteiger partial charge in [0.15, 0.2) is 5.75 Å². The zero-order valence-corrected chi connectivity index (χ0v) is 24.2. The molecule has 39 heavy (non-hydrogen) atoms. The first-order valence-electron chi connectivity index (χ1n) is 13.5. The minimum Gasteiger partial charge on any atom is -0.485 e. The molecule has 3 aliphatic rings. The first kappa shape index (κ1) is 27.8. The van der Waals surface area contributed by atoms with E-state index in [0.29, 0.717) is 35.2 Å². The number of pyridine rings is 1. The number of halogens is 2. The van der Waals surface area contributed by atoms with Gasteiger partial charge in [-0.25, -0.2) is 9.78 Å². The van der Waals surface area contributed by atoms with E-state index in [1.54, 1.807) is 11.1 Å². The standard InChI is InChI=1S/C29H35Cl2N3O5/c1-16-11-21(30)26(22(31)12-16)38-19-9-10-33(15-19)24-8-5-17(14-32-24)20-13-18-6-7-23(25(20)27(35)36)34(18)28(37)39-29(2,3)4/h5,8,11-12,14,18-20,23,25H,6-7,9-10,13,15H2,1-4H3,(H,35,36)/t18-,19+,20+,23+,25+/m0/s1. The summed E-state index contributed by atoms with van der Waals surface area (Å²) in [4.78, 5) is 33.9. The number of hydrogen-bond acceptors (Lipinski definition) is 6. The number of carboxylic acid groups (broad SMARTS) is 1. The monoisotopic (exact) mass is 575 g/mol. The van der Waals surface area contributed by atoms with Gasteiger partial charge in [0.05, 0.1) is 22.5 Å². The summed E-state index contributed by atoms with van der Waals surface area (Å²) in [5.74, 6) is -0.507. The summed E-state index contributed by atoms with van der Waals surface area (Å²) < 4.78 is 11.8. The third-order valence-corrected chi connectivity index (χ3v) is 8.47. The van der Waals surface area contributed by atoms with E-state index < -0.39 is 29.6 Å². The Balaban J connectivity index is 1.27. The van der Waals surface area contributed by atoms with E-state index in [2.05, 4.69) is 4.90 Å². The molecule has 10 heteroatoms. The number of piperidine rings is 1. The first-order valence-corrected chi connectivity index (χ1v) is 14.2. The van der Waals surface area contributed by atoms with Gasteiger partial charge in [0.1, 0.15) is 17.5 Å². The van der Waals surface area contributed by atoms with Crippen molar-refractivity contribution in [2.24, 2.45) is 5.92 Å². The molecule has 0 spiro atoms. The third-order valence-electron chi connectivity index (χ3n) is 7.90. The topological polar surface area (TPSA) is 92.2 Å². The van der Waals surface area contributed by atoms with Crippen LogP contribution in [0.5, 0.6) is 5.75 Å². The summed E-state index contributed by atoms with van der Waals surface area (Å²) in [5.41, 5.74) is 1.23. The van der Waals surface area contributed by atoms with Crippen LogP contribution in [-0.4, -0.2) is 63.9 Å². The van der Waals surface area contributed by atoms with Crippen LogP contribution in [0.3, 0.4) is 0 Å². The minimum atomic E-state index is -0.893. The second kappa shape index (κ2) is 10.7. The molecule has 0 unspecified atom stereocenters. The average molecular weight is 577 g/mol. The van der Waals surface area contributed by atoms with E-state index in [-0.39, 0.29) is 18.1 Å². The Labute approximate surface area is 239 Å². The van der Waals surface area contributed by atoms with Crippen molar-refractivity contribution in [3.63, 3.8) is 0 Å². The number of hydrogen-bond donors (Lipinski definition) is 1. The predicted molar refractivity (Wildman–Crippen MR) is 150 cm³/mol. The Hall–Kier alpha value is -2.71. The molecule has 1 amide bonds. The lowest BCUT2D eigenvalue weighted by Crippen LogP contribution is -2.54. The Kier molecular flexibility index (Phi) is 7.63. The van der Waals surface area contributed by atoms with Crippen LogP contribution in [0.2, 0.25) is 10.0 Å². The van der Waals surface area contributed by atoms with Crippen molar-refractivity contribution < 1.29 is 24.2 Å². The quantitative estimate of drug-likeness (QED) is 0.446. The molecule has 5 rings (SSSR count). The first-order chi connectivity index (χ1) is 18.4. The van der Waals surface area contributed by atoms with Crippen LogP contribution in [0.15, 0.2) is 30.5 Å². The van der Waals surface area contributed by atoms with Gasteiger partial charge >= 0.3 is 12.1 Å². The Bertz CT molecular complexity index is 1230. The number of ether oxygens (including phenoxy) is 2. The molecule has 5 atom stereocenters. The van der Waals surface area contributed by atoms with Gasteiger partial charge < -0.3 is 24.4 Å². The van der Waals surface area contributed by atoms with Crippen LogP contribution in [0.25, 0.3) is 0 Å². The molecule has 8 nitrogen and oxygen atoms in total. The summed E-state index contributed by atoms with van der Waals surface area (Å²) in [5, 5.41) is 11.2. The molecule has 3 fully saturated rings. The molecule has 1 aromatic heterocycles. The molecule has 2 bridgehead atoms. The van der Waals surface area contributed by atoms with Gasteiger partial charge in [-0.05, 0) is 76.3 Å². The number of carbonyl (C=O) groups excluding carboxylic acids is 1. The number of fused-ring (bicyclic) bond motifs is 2. The average Bonchev–Trinajstić information content (AvgIpc) is 3.43. The van der Waals surface area contributed by atoms with Gasteiger partial charge in [-0.1, -0.05) is 29.3 Å². The molecule has 1 aromatic carbocycles. The smallest absolute Gasteiger partial charge is 0.410 e. The second-order valence-corrected chi connectivity index (χ2v) is 12.7. The van der Waals surface area contributed by atoms with Crippen molar-refractivity contribution >= 4 is 41.1 Å². The van der Waals surface area contributed by atoms with Crippen molar-refractivity contribution in [1.82, 2.24) is 9.88 Å². The molecule has 0 radical (unpaired) electrons. The number of aromatic nitrogens is 1. The van der Waals surface area contributed by atoms with Crippen LogP contribution in [0, 0.1) is 12.8 Å². The molecular formula is C29H35Cl2N3O5. The summed E-state index contributed by atoms with van der Waals surface area (Å²) >= 11 is 12.7. The van der Waals surface area contributed by atoms with Gasteiger partial charge in [-0.3, -0.25) is 4.79 Å². The summed E-state index contributed by atoms with van der Waals surface area (Å²) in [6, 6.07) is 7.17. The van der Waals surface area contributed by atoms with E-state index in [9.17, 15) is 14.7 Å². The zero-order chi connectivity index (χ0) is 28.1. The fraction of sp³-hybridized carbons (Fsp3) is 0.552. The largest absolute Gasteiger partial charge is 0.485 e. The highest BCUT2D eigenvalue weighted by molar-refractivity contribution is 6.37. The van der Waals surface area contributed by atoms with Crippen LogP contribution in [0.1, 0.15) is 63.5 Å². The Morgan fingerprint density at radius 2 is 1.82 bits per heavy atom. The maximum absolute atomic E-state index is 12.9. The highest BCUT2D eigenvalue weighted by atomic mass is 35.5. The number of carboxylic acids is 1. The highest BCUT2D eigenvalue weighted by Gasteiger charge is 2.53. The van der Waals surface area contributed by atoms with Crippen LogP contribution in [-0.2, 0) is 9.53 Å². The highest BCUT2D eigenvalue weighted by Crippen LogP contribution is 2.47. The van der Waals surface area contributed by atoms with Crippen LogP contribution < -0.4 is 9.64 Å². The lowest BCUT2D eigenvalue weighted by molar-refractivity contribution is -0.146. The number of rotatable bonds is 5. The van der Waals surface area contributed by atoms with Crippen molar-refractivity contribution in [2.45, 2.75) is 83.1 Å². The molecule has 2 aromatic rings. The summed E-state index contributed by atoms with van der Waals surface area (Å²) in [6.07, 6.45) is 4.11. The van der Waals surface area contributed by atoms with Gasteiger partial charge in [0.2, 0.25) is 0 Å². The third kappa shape index (κ3) is 5.78. The Morgan fingerprint density at radius 1 is 1.10 bits per heavy atom. The number of amides is 1. The fourth-order valence-corrected chi connectivity index (χ4v) is 6.97. The number of benzene rings is 1. The van der Waals surface area contributed by atoms with Gasteiger partial charge in [-0.15, -0.1) is 0 Å². The number of aryl methyl sites for hydroxylation is 1. The van der Waals surface area contributed by atoms with Crippen LogP contribution >= 0.6 is 23.2 Å². The van der Waals surface area contributed by atoms with E-state index in [4.69, 9.17) is 37.7 Å². The van der Waals surface area contributed by atoms with Crippen molar-refractivity contribution in [1.29, 1.82) is 0 Å². The van der Waals surface area contributed by atoms with E-state index in [1.165, 1.54) is 0 Å². The second-order valence-electron chi connectivity index (χ2n) is 11.9. The fourth-order valence-electron chi connectivity index (χ4n) is 6.29. The number of anilines is 1. The summed E-state index contributed by atoms with van der Waals surface area (Å²) in [6.45, 7) is 8.81. The molecule has 210 valence electrons. The van der Waals surface area contributed by atoms with Gasteiger partial charge in [-0.2, -0.15) is 0 Å². The van der Waals surface area contributed by atoms with E-state index >= 15 is 0 Å². The molecular weight excluding hydrogens is 541 g/mol. The normalized spacial score (nSPS) is 26.6. The zero-order valence-electron chi connectivity index (χ0n) is 22.7. The maximum atomic E-state index is 12.9. The predicted octanol–water partition coefficient (Wildman–Crippen LogP) is 6.31. The van der Waals surface area contributed by atoms with E-state index in [0.717, 1.165) is 36.3 Å². The molecule has 0 saturated carbocycles. The molecule has 1 N–H and O–H groups in total. The van der Waals surface area contributed by atoms with Crippen molar-refractivity contribution in [3.8, 4) is 5.75 Å². The van der Waals surface area contributed by atoms with Gasteiger partial charge in [0.25, 0.3) is 0 Å². The number of carbonyl (C=O) groups is 2. The molecule has 3 aliphatic heterocycles. The maximum Gasteiger partial charge on any atom is 0.410 e. The van der Waals surface area contributed by atoms with E-state index in [1.807, 2.05) is 52.0 Å². The summed E-state index contributed by atoms with van der Waals surface area (Å²) in [7, 11) is 0. The SMILES string of the molecule is Cc1cc(Cl)c(O[C@@H]2CCN(c3ccc([C@H]4C[C@@H]5CC[C@H]([C@@H]4C(=O)O)N5C(=O)OC(C)(C)C)cn3)C2)c(Cl)c1.